The van der Waals surface area contributed by atoms with Crippen LogP contribution >= 0.6 is 0 Å². The molecule has 0 aromatic heterocycles. The van der Waals surface area contributed by atoms with Gasteiger partial charge in [-0.25, -0.2) is 0 Å². The highest BCUT2D eigenvalue weighted by atomic mass is 16.3. The molecule has 0 saturated heterocycles. The topological polar surface area (TPSA) is 162 Å². The van der Waals surface area contributed by atoms with Crippen LogP contribution in [0.15, 0.2) is 0 Å². The third-order valence-electron chi connectivity index (χ3n) is 14.8. The quantitative estimate of drug-likeness (QED) is 0.0768. The lowest BCUT2D eigenvalue weighted by Gasteiger charge is -2.68. The largest absolute Gasteiger partial charge is 0.396 e. The van der Waals surface area contributed by atoms with E-state index in [9.17, 15) is 40.9 Å². The van der Waals surface area contributed by atoms with Crippen LogP contribution in [0.2, 0.25) is 0 Å². The molecule has 8 nitrogen and oxygen atoms in total. The molecule has 1 aliphatic rings. The Morgan fingerprint density at radius 2 is 0.345 bits per heavy atom. The van der Waals surface area contributed by atoms with Crippen molar-refractivity contribution < 1.29 is 40.9 Å². The summed E-state index contributed by atoms with van der Waals surface area (Å²) in [7, 11) is 0. The van der Waals surface area contributed by atoms with E-state index in [4.69, 9.17) is 0 Å². The van der Waals surface area contributed by atoms with Crippen molar-refractivity contribution in [1.82, 2.24) is 0 Å². The van der Waals surface area contributed by atoms with Gasteiger partial charge in [0.2, 0.25) is 0 Å². The second kappa shape index (κ2) is 33.5. The van der Waals surface area contributed by atoms with Gasteiger partial charge in [0.15, 0.2) is 0 Å². The van der Waals surface area contributed by atoms with Crippen LogP contribution < -0.4 is 0 Å². The lowest BCUT2D eigenvalue weighted by molar-refractivity contribution is -0.220. The van der Waals surface area contributed by atoms with Crippen LogP contribution in [-0.4, -0.2) is 93.7 Å². The summed E-state index contributed by atoms with van der Waals surface area (Å²) in [6, 6.07) is 0. The molecule has 8 N–H and O–H groups in total. The van der Waals surface area contributed by atoms with Crippen LogP contribution in [0.5, 0.6) is 0 Å². The molecule has 330 valence electrons. The van der Waals surface area contributed by atoms with Crippen LogP contribution in [0.3, 0.4) is 0 Å². The molecule has 1 fully saturated rings. The Bertz CT molecular complexity index is 748. The lowest BCUT2D eigenvalue weighted by Crippen LogP contribution is -2.63. The van der Waals surface area contributed by atoms with E-state index in [0.717, 1.165) is 38.5 Å². The second-order valence-corrected chi connectivity index (χ2v) is 17.9. The van der Waals surface area contributed by atoms with E-state index in [-0.39, 0.29) is 78.5 Å². The second-order valence-electron chi connectivity index (χ2n) is 17.9. The van der Waals surface area contributed by atoms with Gasteiger partial charge in [-0.15, -0.1) is 0 Å². The van der Waals surface area contributed by atoms with Crippen molar-refractivity contribution >= 4 is 0 Å². The summed E-state index contributed by atoms with van der Waals surface area (Å²) in [6.07, 6.45) is 35.0. The van der Waals surface area contributed by atoms with E-state index in [1.807, 2.05) is 0 Å². The van der Waals surface area contributed by atoms with Crippen molar-refractivity contribution in [3.8, 4) is 0 Å². The van der Waals surface area contributed by atoms with Crippen molar-refractivity contribution in [2.75, 3.05) is 52.9 Å². The maximum Gasteiger partial charge on any atom is 0.0436 e. The Labute approximate surface area is 339 Å². The Balaban J connectivity index is 3.60. The fourth-order valence-corrected chi connectivity index (χ4v) is 12.1. The molecule has 0 aromatic carbocycles. The van der Waals surface area contributed by atoms with Gasteiger partial charge in [-0.3, -0.25) is 0 Å². The Hall–Kier alpha value is -0.320. The molecule has 0 unspecified atom stereocenters. The van der Waals surface area contributed by atoms with Crippen molar-refractivity contribution in [3.05, 3.63) is 0 Å². The highest BCUT2D eigenvalue weighted by molar-refractivity contribution is 5.14. The molecule has 1 saturated carbocycles. The van der Waals surface area contributed by atoms with Gasteiger partial charge in [-0.2, -0.15) is 0 Å². The number of rotatable bonds is 16. The number of aliphatic hydroxyl groups excluding tert-OH is 8. The summed E-state index contributed by atoms with van der Waals surface area (Å²) < 4.78 is 0. The van der Waals surface area contributed by atoms with E-state index >= 15 is 0 Å². The van der Waals surface area contributed by atoms with Crippen LogP contribution in [0.25, 0.3) is 0 Å². The minimum absolute atomic E-state index is 0.125. The van der Waals surface area contributed by atoms with Gasteiger partial charge >= 0.3 is 0 Å². The minimum Gasteiger partial charge on any atom is -0.396 e. The highest BCUT2D eigenvalue weighted by Gasteiger charge is 2.66. The van der Waals surface area contributed by atoms with Crippen LogP contribution in [0.1, 0.15) is 225 Å². The van der Waals surface area contributed by atoms with Crippen LogP contribution in [0.4, 0.5) is 0 Å². The molecule has 55 heavy (non-hydrogen) atoms. The van der Waals surface area contributed by atoms with E-state index in [1.165, 1.54) is 122 Å². The molecule has 1 rings (SSSR count). The van der Waals surface area contributed by atoms with E-state index in [1.54, 1.807) is 0 Å². The zero-order chi connectivity index (χ0) is 40.4. The maximum absolute atomic E-state index is 11.0. The van der Waals surface area contributed by atoms with Crippen molar-refractivity contribution in [3.63, 3.8) is 0 Å². The fraction of sp³-hybridized carbons (Fsp3) is 1.00. The molecule has 0 atom stereocenters. The molecule has 1 aliphatic carbocycles. The molecule has 0 aliphatic heterocycles. The summed E-state index contributed by atoms with van der Waals surface area (Å²) in [4.78, 5) is 0. The van der Waals surface area contributed by atoms with E-state index in [2.05, 4.69) is 0 Å². The van der Waals surface area contributed by atoms with Crippen molar-refractivity contribution in [1.29, 1.82) is 0 Å². The van der Waals surface area contributed by atoms with Crippen LogP contribution in [-0.2, 0) is 0 Å². The lowest BCUT2D eigenvalue weighted by atomic mass is 9.36. The number of aliphatic hydroxyl groups is 8. The molecule has 8 heteroatoms. The molecule has 0 bridgehead atoms. The fourth-order valence-electron chi connectivity index (χ4n) is 12.1. The van der Waals surface area contributed by atoms with E-state index < -0.39 is 21.7 Å². The number of hydrogen-bond donors (Lipinski definition) is 8. The van der Waals surface area contributed by atoms with Crippen LogP contribution in [0, 0.1) is 21.7 Å². The van der Waals surface area contributed by atoms with Gasteiger partial charge in [0.1, 0.15) is 0 Å². The summed E-state index contributed by atoms with van der Waals surface area (Å²) in [5, 5.41) is 87.1. The van der Waals surface area contributed by atoms with Gasteiger partial charge in [0.05, 0.1) is 0 Å². The normalized spacial score (nSPS) is 22.7. The smallest absolute Gasteiger partial charge is 0.0436 e. The zero-order valence-electron chi connectivity index (χ0n) is 36.0. The summed E-state index contributed by atoms with van der Waals surface area (Å²) in [5.74, 6) is 0. The Kier molecular flexibility index (Phi) is 32.1. The minimum atomic E-state index is -0.912. The molecule has 0 radical (unpaired) electrons. The Morgan fingerprint density at radius 1 is 0.200 bits per heavy atom. The first kappa shape index (κ1) is 52.7. The maximum atomic E-state index is 11.0. The molecule has 0 spiro atoms. The van der Waals surface area contributed by atoms with Gasteiger partial charge in [0.25, 0.3) is 0 Å². The molecule has 0 heterocycles. The summed E-state index contributed by atoms with van der Waals surface area (Å²) in [5.41, 5.74) is -3.27. The first-order valence-electron chi connectivity index (χ1n) is 23.8. The summed E-state index contributed by atoms with van der Waals surface area (Å²) >= 11 is 0. The monoisotopic (exact) mass is 787 g/mol. The molecular formula is C47H94O8. The first-order chi connectivity index (χ1) is 26.9. The average molecular weight is 787 g/mol. The predicted octanol–water partition coefficient (Wildman–Crippen LogP) is 9.54. The molecule has 0 amide bonds. The average Bonchev–Trinajstić information content (AvgIpc) is 3.17. The van der Waals surface area contributed by atoms with E-state index in [0.29, 0.717) is 38.5 Å². The van der Waals surface area contributed by atoms with Crippen molar-refractivity contribution in [2.24, 2.45) is 21.7 Å². The third-order valence-corrected chi connectivity index (χ3v) is 14.8. The van der Waals surface area contributed by atoms with Gasteiger partial charge in [0, 0.05) is 52.9 Å². The zero-order valence-corrected chi connectivity index (χ0v) is 36.0. The number of hydrogen-bond acceptors (Lipinski definition) is 8. The van der Waals surface area contributed by atoms with Gasteiger partial charge in [-0.1, -0.05) is 161 Å². The highest BCUT2D eigenvalue weighted by Crippen LogP contribution is 2.71. The molecular weight excluding hydrogens is 693 g/mol. The first-order valence-corrected chi connectivity index (χ1v) is 23.8. The summed E-state index contributed by atoms with van der Waals surface area (Å²) in [6.45, 7) is -1.26. The van der Waals surface area contributed by atoms with Gasteiger partial charge in [-0.05, 0) is 85.9 Å². The Morgan fingerprint density at radius 3 is 0.491 bits per heavy atom. The standard InChI is InChI=1S/C47H94O8/c48-36-28-44(29-37-49)26-24-22-20-18-16-14-12-10-8-6-4-2-1-3-5-7-9-11-13-15-17-19-21-23-25-27-45(30-38-50,31-39-51)47(34-42-54,35-43-55)46(44,32-40-52)33-41-53/h48-55H,1-43H2. The predicted molar refractivity (Wildman–Crippen MR) is 228 cm³/mol. The SMILES string of the molecule is OCCC1(CCO)CCCCCCCCCCCCCCCCCCCCCCCCCCCC(CCO)(CCO)C(CCO)(CCO)C1(CCO)CCO. The van der Waals surface area contributed by atoms with Crippen molar-refractivity contribution in [2.45, 2.75) is 225 Å². The third kappa shape index (κ3) is 17.4. The van der Waals surface area contributed by atoms with Gasteiger partial charge < -0.3 is 40.9 Å². The molecule has 0 aromatic rings.